The minimum absolute atomic E-state index is 0.0413. The molecule has 0 bridgehead atoms. The van der Waals surface area contributed by atoms with Crippen LogP contribution in [0.2, 0.25) is 0 Å². The van der Waals surface area contributed by atoms with Gasteiger partial charge in [-0.3, -0.25) is 4.79 Å². The van der Waals surface area contributed by atoms with Gasteiger partial charge in [-0.2, -0.15) is 0 Å². The Morgan fingerprint density at radius 1 is 1.10 bits per heavy atom. The van der Waals surface area contributed by atoms with Crippen LogP contribution in [0.1, 0.15) is 86.3 Å². The first-order valence-corrected chi connectivity index (χ1v) is 17.4. The summed E-state index contributed by atoms with van der Waals surface area (Å²) in [5.41, 5.74) is 2.16. The van der Waals surface area contributed by atoms with Crippen LogP contribution in [-0.2, 0) is 23.6 Å². The molecule has 1 aromatic carbocycles. The summed E-state index contributed by atoms with van der Waals surface area (Å²) in [4.78, 5) is 29.6. The molecule has 1 N–H and O–H groups in total. The van der Waals surface area contributed by atoms with E-state index in [2.05, 4.69) is 6.92 Å². The Morgan fingerprint density at radius 2 is 1.73 bits per heavy atom. The number of anilines is 1. The Bertz CT molecular complexity index is 1240. The number of thiophene rings is 1. The van der Waals surface area contributed by atoms with Crippen molar-refractivity contribution >= 4 is 36.7 Å². The maximum Gasteiger partial charge on any atom is 0.372 e. The van der Waals surface area contributed by atoms with Gasteiger partial charge in [-0.05, 0) is 63.0 Å². The third kappa shape index (κ3) is 6.60. The number of hydrogen-bond acceptors (Lipinski definition) is 7. The molecule has 8 nitrogen and oxygen atoms in total. The SMILES string of the molecule is CCOC(c1ccc(-c2cc(N(C(=O)C3CCC(C)CC3)C3CCC4(CC3)OCCO4)c(C(=O)O)s2)cc1)[P+](C)=O. The first kappa shape index (κ1) is 30.3. The van der Waals surface area contributed by atoms with E-state index in [0.29, 0.717) is 57.1 Å². The van der Waals surface area contributed by atoms with Crippen molar-refractivity contribution in [2.24, 2.45) is 11.8 Å². The lowest BCUT2D eigenvalue weighted by Gasteiger charge is -2.42. The molecule has 222 valence electrons. The van der Waals surface area contributed by atoms with Gasteiger partial charge in [0.15, 0.2) is 5.79 Å². The van der Waals surface area contributed by atoms with E-state index in [9.17, 15) is 19.3 Å². The second kappa shape index (κ2) is 13.0. The highest BCUT2D eigenvalue weighted by Crippen LogP contribution is 2.45. The van der Waals surface area contributed by atoms with Crippen molar-refractivity contribution in [1.82, 2.24) is 0 Å². The first-order chi connectivity index (χ1) is 19.7. The van der Waals surface area contributed by atoms with E-state index >= 15 is 0 Å². The lowest BCUT2D eigenvalue weighted by atomic mass is 9.81. The van der Waals surface area contributed by atoms with E-state index in [1.54, 1.807) is 6.66 Å². The molecule has 2 heterocycles. The second-order valence-electron chi connectivity index (χ2n) is 11.6. The molecule has 1 aromatic heterocycles. The highest BCUT2D eigenvalue weighted by Gasteiger charge is 2.44. The lowest BCUT2D eigenvalue weighted by molar-refractivity contribution is -0.179. The fourth-order valence-corrected chi connectivity index (χ4v) is 8.47. The highest BCUT2D eigenvalue weighted by atomic mass is 32.1. The van der Waals surface area contributed by atoms with Crippen molar-refractivity contribution in [2.45, 2.75) is 82.9 Å². The van der Waals surface area contributed by atoms with E-state index in [-0.39, 0.29) is 22.7 Å². The normalized spacial score (nSPS) is 23.8. The van der Waals surface area contributed by atoms with Gasteiger partial charge in [-0.25, -0.2) is 4.79 Å². The Hall–Kier alpha value is -2.16. The third-order valence-corrected chi connectivity index (χ3v) is 11.1. The molecule has 2 aromatic rings. The van der Waals surface area contributed by atoms with E-state index in [4.69, 9.17) is 14.2 Å². The third-order valence-electron chi connectivity index (χ3n) is 8.80. The van der Waals surface area contributed by atoms with E-state index in [0.717, 1.165) is 41.7 Å². The van der Waals surface area contributed by atoms with Crippen molar-refractivity contribution < 1.29 is 33.5 Å². The van der Waals surface area contributed by atoms with Gasteiger partial charge >= 0.3 is 13.8 Å². The van der Waals surface area contributed by atoms with Crippen LogP contribution in [0.3, 0.4) is 0 Å². The summed E-state index contributed by atoms with van der Waals surface area (Å²) in [7, 11) is -1.57. The monoisotopic (exact) mass is 602 g/mol. The van der Waals surface area contributed by atoms with Gasteiger partial charge in [0.1, 0.15) is 11.5 Å². The molecule has 2 atom stereocenters. The number of amides is 1. The van der Waals surface area contributed by atoms with Crippen molar-refractivity contribution in [1.29, 1.82) is 0 Å². The summed E-state index contributed by atoms with van der Waals surface area (Å²) in [6, 6.07) is 9.36. The minimum atomic E-state index is -1.57. The van der Waals surface area contributed by atoms with Crippen molar-refractivity contribution in [3.05, 3.63) is 40.8 Å². The predicted octanol–water partition coefficient (Wildman–Crippen LogP) is 7.45. The number of carboxylic acids is 1. The van der Waals surface area contributed by atoms with Crippen LogP contribution in [-0.4, -0.2) is 55.3 Å². The molecule has 10 heteroatoms. The summed E-state index contributed by atoms with van der Waals surface area (Å²) in [5.74, 6) is -1.53. The first-order valence-electron chi connectivity index (χ1n) is 14.8. The van der Waals surface area contributed by atoms with E-state index in [1.165, 1.54) is 11.3 Å². The summed E-state index contributed by atoms with van der Waals surface area (Å²) in [5, 5.41) is 10.3. The molecule has 3 fully saturated rings. The maximum atomic E-state index is 14.2. The molecule has 1 aliphatic heterocycles. The van der Waals surface area contributed by atoms with Gasteiger partial charge in [0, 0.05) is 41.8 Å². The molecule has 41 heavy (non-hydrogen) atoms. The number of aromatic carboxylic acids is 1. The zero-order valence-corrected chi connectivity index (χ0v) is 25.9. The predicted molar refractivity (Wildman–Crippen MR) is 160 cm³/mol. The van der Waals surface area contributed by atoms with Crippen molar-refractivity contribution in [3.63, 3.8) is 0 Å². The van der Waals surface area contributed by atoms with Gasteiger partial charge in [0.25, 0.3) is 5.85 Å². The lowest BCUT2D eigenvalue weighted by Crippen LogP contribution is -2.49. The summed E-state index contributed by atoms with van der Waals surface area (Å²) >= 11 is 1.20. The molecule has 1 amide bonds. The fourth-order valence-electron chi connectivity index (χ4n) is 6.52. The summed E-state index contributed by atoms with van der Waals surface area (Å²) in [6.45, 7) is 7.40. The van der Waals surface area contributed by atoms with Crippen LogP contribution >= 0.6 is 19.1 Å². The molecular weight excluding hydrogens is 561 g/mol. The maximum absolute atomic E-state index is 14.2. The number of benzene rings is 1. The van der Waals surface area contributed by atoms with Crippen molar-refractivity contribution in [2.75, 3.05) is 31.4 Å². The van der Waals surface area contributed by atoms with Gasteiger partial charge < -0.3 is 24.2 Å². The molecule has 0 radical (unpaired) electrons. The van der Waals surface area contributed by atoms with Crippen LogP contribution in [0.15, 0.2) is 30.3 Å². The second-order valence-corrected chi connectivity index (χ2v) is 14.2. The van der Waals surface area contributed by atoms with E-state index < -0.39 is 25.4 Å². The Morgan fingerprint density at radius 3 is 2.29 bits per heavy atom. The zero-order chi connectivity index (χ0) is 29.1. The van der Waals surface area contributed by atoms with Crippen molar-refractivity contribution in [3.8, 4) is 10.4 Å². The molecule has 2 unspecified atom stereocenters. The molecule has 5 rings (SSSR count). The van der Waals surface area contributed by atoms with Crippen LogP contribution in [0.5, 0.6) is 0 Å². The number of ether oxygens (including phenoxy) is 3. The summed E-state index contributed by atoms with van der Waals surface area (Å²) < 4.78 is 29.8. The average Bonchev–Trinajstić information content (AvgIpc) is 3.61. The molecular formula is C31H41NO7PS+. The fraction of sp³-hybridized carbons (Fsp3) is 0.613. The average molecular weight is 603 g/mol. The number of hydrogen-bond donors (Lipinski definition) is 1. The Labute approximate surface area is 247 Å². The Balaban J connectivity index is 1.47. The summed E-state index contributed by atoms with van der Waals surface area (Å²) in [6.07, 6.45) is 6.46. The Kier molecular flexibility index (Phi) is 9.61. The number of carboxylic acid groups (broad SMARTS) is 1. The van der Waals surface area contributed by atoms with Gasteiger partial charge in [0.2, 0.25) is 5.91 Å². The standard InChI is InChI=1S/C31H40NO7PS/c1-4-37-30(40(3)36)23-11-9-21(10-12-23)26-19-25(27(41-26)29(34)35)32(28(33)22-7-5-20(2)6-8-22)24-13-15-31(16-14-24)38-17-18-39-31/h9-12,19-20,22,24,30H,4-8,13-18H2,1-3H3/p+1. The molecule has 1 spiro atoms. The molecule has 2 saturated carbocycles. The molecule has 3 aliphatic rings. The minimum Gasteiger partial charge on any atom is -0.477 e. The largest absolute Gasteiger partial charge is 0.477 e. The highest BCUT2D eigenvalue weighted by molar-refractivity contribution is 7.44. The van der Waals surface area contributed by atoms with Crippen LogP contribution in [0, 0.1) is 11.8 Å². The number of nitrogens with zero attached hydrogens (tertiary/aromatic N) is 1. The van der Waals surface area contributed by atoms with Crippen LogP contribution in [0.25, 0.3) is 10.4 Å². The quantitative estimate of drug-likeness (QED) is 0.297. The smallest absolute Gasteiger partial charge is 0.372 e. The molecule has 1 saturated heterocycles. The molecule has 2 aliphatic carbocycles. The van der Waals surface area contributed by atoms with Gasteiger partial charge in [-0.1, -0.05) is 35.8 Å². The zero-order valence-electron chi connectivity index (χ0n) is 24.2. The van der Waals surface area contributed by atoms with Crippen LogP contribution < -0.4 is 4.90 Å². The number of carbonyl (C=O) groups excluding carboxylic acids is 1. The van der Waals surface area contributed by atoms with Crippen LogP contribution in [0.4, 0.5) is 5.69 Å². The van der Waals surface area contributed by atoms with Gasteiger partial charge in [-0.15, -0.1) is 11.3 Å². The number of carbonyl (C=O) groups is 2. The van der Waals surface area contributed by atoms with Gasteiger partial charge in [0.05, 0.1) is 18.9 Å². The topological polar surface area (TPSA) is 102 Å². The number of rotatable bonds is 9. The van der Waals surface area contributed by atoms with E-state index in [1.807, 2.05) is 42.2 Å².